The number of rotatable bonds is 7. The summed E-state index contributed by atoms with van der Waals surface area (Å²) >= 11 is 0. The molecule has 0 aliphatic carbocycles. The highest BCUT2D eigenvalue weighted by Gasteiger charge is 2.16. The number of tetrazole rings is 1. The lowest BCUT2D eigenvalue weighted by molar-refractivity contribution is -0.116. The zero-order valence-corrected chi connectivity index (χ0v) is 16.6. The highest BCUT2D eigenvalue weighted by molar-refractivity contribution is 6.01. The zero-order chi connectivity index (χ0) is 21.6. The van der Waals surface area contributed by atoms with Crippen molar-refractivity contribution in [3.8, 4) is 11.5 Å². The third kappa shape index (κ3) is 4.99. The fourth-order valence-corrected chi connectivity index (χ4v) is 2.78. The van der Waals surface area contributed by atoms with E-state index in [9.17, 15) is 9.59 Å². The third-order valence-electron chi connectivity index (χ3n) is 4.32. The molecule has 4 rings (SSSR count). The number of esters is 1. The number of aryl methyl sites for hydroxylation is 1. The van der Waals surface area contributed by atoms with Gasteiger partial charge in [0.1, 0.15) is 31.4 Å². The third-order valence-corrected chi connectivity index (χ3v) is 4.32. The Morgan fingerprint density at radius 2 is 1.94 bits per heavy atom. The lowest BCUT2D eigenvalue weighted by Crippen LogP contribution is -2.21. The maximum atomic E-state index is 12.6. The number of nitrogens with one attached hydrogen (secondary N) is 1. The molecule has 0 aliphatic heterocycles. The van der Waals surface area contributed by atoms with Crippen LogP contribution < -0.4 is 5.32 Å². The predicted molar refractivity (Wildman–Crippen MR) is 109 cm³/mol. The minimum Gasteiger partial charge on any atom is -0.455 e. The van der Waals surface area contributed by atoms with Crippen molar-refractivity contribution in [3.63, 3.8) is 0 Å². The van der Waals surface area contributed by atoms with Crippen LogP contribution in [0.25, 0.3) is 11.5 Å². The normalized spacial score (nSPS) is 10.6. The van der Waals surface area contributed by atoms with E-state index in [-0.39, 0.29) is 24.6 Å². The summed E-state index contributed by atoms with van der Waals surface area (Å²) in [6.45, 7) is 1.84. The number of carbonyl (C=O) groups is 2. The number of hydrogen-bond donors (Lipinski definition) is 1. The van der Waals surface area contributed by atoms with Crippen molar-refractivity contribution in [2.75, 3.05) is 5.32 Å². The quantitative estimate of drug-likeness (QED) is 0.454. The smallest absolute Gasteiger partial charge is 0.340 e. The summed E-state index contributed by atoms with van der Waals surface area (Å²) in [5.41, 5.74) is 2.98. The van der Waals surface area contributed by atoms with Gasteiger partial charge in [-0.05, 0) is 41.6 Å². The molecule has 1 amide bonds. The highest BCUT2D eigenvalue weighted by atomic mass is 16.5. The average Bonchev–Trinajstić information content (AvgIpc) is 3.45. The molecule has 0 spiro atoms. The summed E-state index contributed by atoms with van der Waals surface area (Å²) in [5, 5.41) is 13.2. The predicted octanol–water partition coefficient (Wildman–Crippen LogP) is 2.63. The molecule has 4 aromatic rings. The van der Waals surface area contributed by atoms with E-state index in [2.05, 4.69) is 25.8 Å². The fourth-order valence-electron chi connectivity index (χ4n) is 2.78. The van der Waals surface area contributed by atoms with Gasteiger partial charge in [-0.3, -0.25) is 4.79 Å². The van der Waals surface area contributed by atoms with Crippen LogP contribution in [0.5, 0.6) is 0 Å². The number of carbonyl (C=O) groups excluding carboxylic acids is 2. The Hall–Kier alpha value is -4.34. The van der Waals surface area contributed by atoms with Crippen LogP contribution in [0, 0.1) is 6.92 Å². The molecule has 1 N–H and O–H groups in total. The van der Waals surface area contributed by atoms with Crippen LogP contribution in [-0.2, 0) is 22.7 Å². The number of ether oxygens (including phenoxy) is 1. The number of para-hydroxylation sites is 1. The van der Waals surface area contributed by atoms with Crippen molar-refractivity contribution in [1.29, 1.82) is 0 Å². The molecule has 31 heavy (non-hydrogen) atoms. The van der Waals surface area contributed by atoms with Crippen LogP contribution in [-0.4, -0.2) is 37.1 Å². The summed E-state index contributed by atoms with van der Waals surface area (Å²) < 4.78 is 12.1. The van der Waals surface area contributed by atoms with Crippen LogP contribution in [0.1, 0.15) is 21.6 Å². The number of amides is 1. The molecule has 156 valence electrons. The van der Waals surface area contributed by atoms with Crippen molar-refractivity contribution in [3.05, 3.63) is 77.9 Å². The van der Waals surface area contributed by atoms with Crippen LogP contribution >= 0.6 is 0 Å². The molecule has 0 saturated heterocycles. The lowest BCUT2D eigenvalue weighted by Gasteiger charge is -2.10. The van der Waals surface area contributed by atoms with Crippen LogP contribution in [0.2, 0.25) is 0 Å². The van der Waals surface area contributed by atoms with E-state index >= 15 is 0 Å². The van der Waals surface area contributed by atoms with Crippen molar-refractivity contribution in [2.24, 2.45) is 0 Å². The molecule has 10 nitrogen and oxygen atoms in total. The molecular weight excluding hydrogens is 400 g/mol. The molecule has 0 aliphatic rings. The number of nitrogens with zero attached hydrogens (tertiary/aromatic N) is 5. The Kier molecular flexibility index (Phi) is 5.79. The Balaban J connectivity index is 1.39. The van der Waals surface area contributed by atoms with Gasteiger partial charge in [0, 0.05) is 5.56 Å². The maximum absolute atomic E-state index is 12.6. The minimum atomic E-state index is -0.599. The first kappa shape index (κ1) is 20.0. The zero-order valence-electron chi connectivity index (χ0n) is 16.6. The van der Waals surface area contributed by atoms with Crippen LogP contribution in [0.4, 0.5) is 5.69 Å². The molecule has 0 radical (unpaired) electrons. The number of aromatic nitrogens is 5. The molecule has 2 aromatic carbocycles. The molecule has 0 fully saturated rings. The molecule has 0 bridgehead atoms. The van der Waals surface area contributed by atoms with Gasteiger partial charge in [0.15, 0.2) is 0 Å². The first-order chi connectivity index (χ1) is 15.1. The van der Waals surface area contributed by atoms with Gasteiger partial charge in [0.2, 0.25) is 11.8 Å². The van der Waals surface area contributed by atoms with Gasteiger partial charge in [-0.25, -0.2) is 14.5 Å². The number of oxazole rings is 1. The molecular formula is C21H18N6O4. The lowest BCUT2D eigenvalue weighted by atomic mass is 10.1. The molecule has 0 atom stereocenters. The Morgan fingerprint density at radius 1 is 1.13 bits per heavy atom. The van der Waals surface area contributed by atoms with Crippen molar-refractivity contribution in [1.82, 2.24) is 25.2 Å². The van der Waals surface area contributed by atoms with Gasteiger partial charge in [-0.1, -0.05) is 29.8 Å². The second-order valence-electron chi connectivity index (χ2n) is 6.69. The summed E-state index contributed by atoms with van der Waals surface area (Å²) in [7, 11) is 0. The van der Waals surface area contributed by atoms with E-state index in [1.807, 2.05) is 31.2 Å². The van der Waals surface area contributed by atoms with Crippen molar-refractivity contribution in [2.45, 2.75) is 20.1 Å². The summed E-state index contributed by atoms with van der Waals surface area (Å²) in [6.07, 6.45) is 2.77. The number of hydrogen-bond acceptors (Lipinski definition) is 8. The van der Waals surface area contributed by atoms with E-state index in [1.165, 1.54) is 17.3 Å². The molecule has 10 heteroatoms. The first-order valence-corrected chi connectivity index (χ1v) is 9.37. The second-order valence-corrected chi connectivity index (χ2v) is 6.69. The average molecular weight is 418 g/mol. The Labute approximate surface area is 176 Å². The molecule has 2 heterocycles. The molecule has 0 unspecified atom stereocenters. The van der Waals surface area contributed by atoms with Crippen LogP contribution in [0.3, 0.4) is 0 Å². The maximum Gasteiger partial charge on any atom is 0.340 e. The topological polar surface area (TPSA) is 125 Å². The monoisotopic (exact) mass is 418 g/mol. The Bertz CT molecular complexity index is 1180. The van der Waals surface area contributed by atoms with E-state index < -0.39 is 5.97 Å². The van der Waals surface area contributed by atoms with E-state index in [1.54, 1.807) is 24.3 Å². The minimum absolute atomic E-state index is 0.0684. The molecule has 2 aromatic heterocycles. The summed E-state index contributed by atoms with van der Waals surface area (Å²) in [6, 6.07) is 14.3. The molecule has 0 saturated carbocycles. The standard InChI is InChI=1S/C21H18N6O4/c1-14-6-8-15(9-7-14)20-23-16(11-30-20)12-31-21(29)17-4-2-3-5-18(17)24-19(28)10-27-13-22-25-26-27/h2-9,11,13H,10,12H2,1H3,(H,24,28). The summed E-state index contributed by atoms with van der Waals surface area (Å²) in [4.78, 5) is 29.1. The van der Waals surface area contributed by atoms with E-state index in [4.69, 9.17) is 9.15 Å². The first-order valence-electron chi connectivity index (χ1n) is 9.37. The van der Waals surface area contributed by atoms with Gasteiger partial charge < -0.3 is 14.5 Å². The fraction of sp³-hybridized carbons (Fsp3) is 0.143. The largest absolute Gasteiger partial charge is 0.455 e. The van der Waals surface area contributed by atoms with Gasteiger partial charge in [-0.2, -0.15) is 0 Å². The highest BCUT2D eigenvalue weighted by Crippen LogP contribution is 2.21. The Morgan fingerprint density at radius 3 is 2.71 bits per heavy atom. The number of anilines is 1. The van der Waals surface area contributed by atoms with Gasteiger partial charge in [0.25, 0.3) is 0 Å². The second kappa shape index (κ2) is 8.99. The van der Waals surface area contributed by atoms with Crippen LogP contribution in [0.15, 0.2) is 65.5 Å². The van der Waals surface area contributed by atoms with Crippen molar-refractivity contribution < 1.29 is 18.7 Å². The SMILES string of the molecule is Cc1ccc(-c2nc(COC(=O)c3ccccc3NC(=O)Cn3cnnn3)co2)cc1. The van der Waals surface area contributed by atoms with Gasteiger partial charge in [0.05, 0.1) is 11.3 Å². The van der Waals surface area contributed by atoms with Gasteiger partial charge >= 0.3 is 5.97 Å². The van der Waals surface area contributed by atoms with Gasteiger partial charge in [-0.15, -0.1) is 5.10 Å². The van der Waals surface area contributed by atoms with Crippen molar-refractivity contribution >= 4 is 17.6 Å². The summed E-state index contributed by atoms with van der Waals surface area (Å²) in [5.74, 6) is -0.536. The van der Waals surface area contributed by atoms with E-state index in [0.29, 0.717) is 17.3 Å². The van der Waals surface area contributed by atoms with E-state index in [0.717, 1.165) is 11.1 Å². The number of benzene rings is 2.